The standard InChI is InChI=1S/C19H26N2O5/c1-24-15-10-14(11-16(25-2)18(15)26-3)21-12-13(9-17(21)22)19(23)20-7-5-4-6-8-20/h10-11,13H,4-9,12H2,1-3H3. The molecule has 0 radical (unpaired) electrons. The highest BCUT2D eigenvalue weighted by atomic mass is 16.5. The van der Waals surface area contributed by atoms with E-state index in [2.05, 4.69) is 0 Å². The van der Waals surface area contributed by atoms with Gasteiger partial charge in [0.15, 0.2) is 11.5 Å². The summed E-state index contributed by atoms with van der Waals surface area (Å²) >= 11 is 0. The SMILES string of the molecule is COc1cc(N2CC(C(=O)N3CCCCC3)CC2=O)cc(OC)c1OC. The van der Waals surface area contributed by atoms with Crippen molar-refractivity contribution in [2.24, 2.45) is 5.92 Å². The molecule has 7 nitrogen and oxygen atoms in total. The predicted octanol–water partition coefficient (Wildman–Crippen LogP) is 2.08. The number of likely N-dealkylation sites (tertiary alicyclic amines) is 1. The van der Waals surface area contributed by atoms with E-state index in [1.54, 1.807) is 17.0 Å². The predicted molar refractivity (Wildman–Crippen MR) is 97.0 cm³/mol. The number of benzene rings is 1. The van der Waals surface area contributed by atoms with Gasteiger partial charge in [0.1, 0.15) is 0 Å². The van der Waals surface area contributed by atoms with E-state index in [0.29, 0.717) is 29.5 Å². The van der Waals surface area contributed by atoms with E-state index in [1.807, 2.05) is 4.90 Å². The van der Waals surface area contributed by atoms with Gasteiger partial charge in [-0.3, -0.25) is 9.59 Å². The van der Waals surface area contributed by atoms with Crippen LogP contribution >= 0.6 is 0 Å². The molecule has 3 rings (SSSR count). The van der Waals surface area contributed by atoms with Crippen molar-refractivity contribution in [3.8, 4) is 17.2 Å². The minimum absolute atomic E-state index is 0.0605. The molecule has 2 aliphatic rings. The molecule has 0 saturated carbocycles. The summed E-state index contributed by atoms with van der Waals surface area (Å²) in [6.45, 7) is 1.98. The second kappa shape index (κ2) is 7.85. The van der Waals surface area contributed by atoms with Crippen molar-refractivity contribution in [1.82, 2.24) is 4.90 Å². The third-order valence-corrected chi connectivity index (χ3v) is 5.10. The van der Waals surface area contributed by atoms with E-state index in [0.717, 1.165) is 25.9 Å². The first-order valence-corrected chi connectivity index (χ1v) is 8.98. The Kier molecular flexibility index (Phi) is 5.54. The van der Waals surface area contributed by atoms with Crippen LogP contribution in [0.3, 0.4) is 0 Å². The summed E-state index contributed by atoms with van der Waals surface area (Å²) in [7, 11) is 4.61. The molecule has 1 unspecified atom stereocenters. The maximum absolute atomic E-state index is 12.7. The van der Waals surface area contributed by atoms with E-state index in [-0.39, 0.29) is 24.2 Å². The molecule has 1 atom stereocenters. The molecule has 2 amide bonds. The van der Waals surface area contributed by atoms with Crippen LogP contribution in [0.25, 0.3) is 0 Å². The molecule has 7 heteroatoms. The van der Waals surface area contributed by atoms with Crippen LogP contribution in [0, 0.1) is 5.92 Å². The van der Waals surface area contributed by atoms with Crippen LogP contribution < -0.4 is 19.1 Å². The lowest BCUT2D eigenvalue weighted by Gasteiger charge is -2.29. The maximum atomic E-state index is 12.7. The van der Waals surface area contributed by atoms with Gasteiger partial charge >= 0.3 is 0 Å². The van der Waals surface area contributed by atoms with Gasteiger partial charge in [-0.15, -0.1) is 0 Å². The van der Waals surface area contributed by atoms with Crippen molar-refractivity contribution < 1.29 is 23.8 Å². The second-order valence-corrected chi connectivity index (χ2v) is 6.67. The summed E-state index contributed by atoms with van der Waals surface area (Å²) < 4.78 is 16.1. The zero-order valence-electron chi connectivity index (χ0n) is 15.6. The Hall–Kier alpha value is -2.44. The Bertz CT molecular complexity index is 660. The Balaban J connectivity index is 1.81. The highest BCUT2D eigenvalue weighted by Crippen LogP contribution is 2.42. The third kappa shape index (κ3) is 3.43. The zero-order valence-corrected chi connectivity index (χ0v) is 15.6. The highest BCUT2D eigenvalue weighted by Gasteiger charge is 2.38. The molecular weight excluding hydrogens is 336 g/mol. The molecule has 0 aliphatic carbocycles. The molecule has 2 heterocycles. The molecule has 26 heavy (non-hydrogen) atoms. The van der Waals surface area contributed by atoms with Crippen LogP contribution in [-0.4, -0.2) is 57.7 Å². The Morgan fingerprint density at radius 2 is 1.62 bits per heavy atom. The van der Waals surface area contributed by atoms with Crippen LogP contribution in [-0.2, 0) is 9.59 Å². The molecule has 0 spiro atoms. The van der Waals surface area contributed by atoms with Gasteiger partial charge in [-0.05, 0) is 19.3 Å². The molecule has 0 aromatic heterocycles. The molecule has 1 aromatic rings. The van der Waals surface area contributed by atoms with Crippen molar-refractivity contribution in [2.75, 3.05) is 45.9 Å². The van der Waals surface area contributed by atoms with E-state index < -0.39 is 0 Å². The highest BCUT2D eigenvalue weighted by molar-refractivity contribution is 6.00. The molecule has 2 fully saturated rings. The average Bonchev–Trinajstić information content (AvgIpc) is 3.08. The van der Waals surface area contributed by atoms with E-state index in [4.69, 9.17) is 14.2 Å². The molecule has 1 aromatic carbocycles. The van der Waals surface area contributed by atoms with Gasteiger partial charge < -0.3 is 24.0 Å². The fourth-order valence-corrected chi connectivity index (χ4v) is 3.72. The number of nitrogens with zero attached hydrogens (tertiary/aromatic N) is 2. The number of anilines is 1. The van der Waals surface area contributed by atoms with Crippen molar-refractivity contribution in [2.45, 2.75) is 25.7 Å². The lowest BCUT2D eigenvalue weighted by molar-refractivity contribution is -0.136. The first-order valence-electron chi connectivity index (χ1n) is 8.98. The number of hydrogen-bond donors (Lipinski definition) is 0. The number of hydrogen-bond acceptors (Lipinski definition) is 5. The smallest absolute Gasteiger partial charge is 0.228 e. The average molecular weight is 362 g/mol. The van der Waals surface area contributed by atoms with Crippen LogP contribution in [0.5, 0.6) is 17.2 Å². The summed E-state index contributed by atoms with van der Waals surface area (Å²) in [5.74, 6) is 1.19. The number of carbonyl (C=O) groups is 2. The number of carbonyl (C=O) groups excluding carboxylic acids is 2. The van der Waals surface area contributed by atoms with Gasteiger partial charge in [-0.25, -0.2) is 0 Å². The number of ether oxygens (including phenoxy) is 3. The fraction of sp³-hybridized carbons (Fsp3) is 0.579. The van der Waals surface area contributed by atoms with Crippen molar-refractivity contribution in [1.29, 1.82) is 0 Å². The third-order valence-electron chi connectivity index (χ3n) is 5.10. The van der Waals surface area contributed by atoms with Crippen molar-refractivity contribution in [3.05, 3.63) is 12.1 Å². The van der Waals surface area contributed by atoms with E-state index in [9.17, 15) is 9.59 Å². The fourth-order valence-electron chi connectivity index (χ4n) is 3.72. The number of methoxy groups -OCH3 is 3. The van der Waals surface area contributed by atoms with E-state index in [1.165, 1.54) is 27.8 Å². The minimum Gasteiger partial charge on any atom is -0.493 e. The molecule has 0 bridgehead atoms. The quantitative estimate of drug-likeness (QED) is 0.802. The molecule has 0 N–H and O–H groups in total. The van der Waals surface area contributed by atoms with Crippen LogP contribution in [0.15, 0.2) is 12.1 Å². The van der Waals surface area contributed by atoms with Gasteiger partial charge in [-0.2, -0.15) is 0 Å². The summed E-state index contributed by atoms with van der Waals surface area (Å²) in [5, 5.41) is 0. The van der Waals surface area contributed by atoms with Crippen LogP contribution in [0.2, 0.25) is 0 Å². The van der Waals surface area contributed by atoms with Gasteiger partial charge in [0, 0.05) is 38.2 Å². The second-order valence-electron chi connectivity index (χ2n) is 6.67. The van der Waals surface area contributed by atoms with Crippen LogP contribution in [0.1, 0.15) is 25.7 Å². The zero-order chi connectivity index (χ0) is 18.7. The summed E-state index contributed by atoms with van der Waals surface area (Å²) in [6.07, 6.45) is 3.50. The number of piperidine rings is 1. The monoisotopic (exact) mass is 362 g/mol. The van der Waals surface area contributed by atoms with Crippen LogP contribution in [0.4, 0.5) is 5.69 Å². The van der Waals surface area contributed by atoms with Crippen molar-refractivity contribution in [3.63, 3.8) is 0 Å². The van der Waals surface area contributed by atoms with Gasteiger partial charge in [0.2, 0.25) is 17.6 Å². The van der Waals surface area contributed by atoms with E-state index >= 15 is 0 Å². The summed E-state index contributed by atoms with van der Waals surface area (Å²) in [5.41, 5.74) is 0.651. The lowest BCUT2D eigenvalue weighted by Crippen LogP contribution is -2.40. The molecular formula is C19H26N2O5. The summed E-state index contributed by atoms with van der Waals surface area (Å²) in [4.78, 5) is 28.9. The molecule has 142 valence electrons. The Labute approximate surface area is 153 Å². The summed E-state index contributed by atoms with van der Waals surface area (Å²) in [6, 6.07) is 3.49. The first kappa shape index (κ1) is 18.4. The van der Waals surface area contributed by atoms with Gasteiger partial charge in [0.25, 0.3) is 0 Å². The number of rotatable bonds is 5. The topological polar surface area (TPSA) is 68.3 Å². The minimum atomic E-state index is -0.292. The molecule has 2 saturated heterocycles. The van der Waals surface area contributed by atoms with Gasteiger partial charge in [0.05, 0.1) is 32.9 Å². The largest absolute Gasteiger partial charge is 0.493 e. The normalized spacial score (nSPS) is 20.3. The maximum Gasteiger partial charge on any atom is 0.228 e. The first-order chi connectivity index (χ1) is 12.6. The lowest BCUT2D eigenvalue weighted by atomic mass is 10.0. The van der Waals surface area contributed by atoms with Gasteiger partial charge in [-0.1, -0.05) is 0 Å². The van der Waals surface area contributed by atoms with Crippen molar-refractivity contribution >= 4 is 17.5 Å². The Morgan fingerprint density at radius 3 is 2.15 bits per heavy atom. The Morgan fingerprint density at radius 1 is 1.00 bits per heavy atom. The number of amides is 2. The molecule has 2 aliphatic heterocycles.